The van der Waals surface area contributed by atoms with Crippen LogP contribution in [0.5, 0.6) is 0 Å². The first kappa shape index (κ1) is 13.5. The molecule has 116 valence electrons. The van der Waals surface area contributed by atoms with Crippen molar-refractivity contribution in [2.24, 2.45) is 7.05 Å². The molecule has 2 unspecified atom stereocenters. The standard InChI is InChI=1S/C16H21N5O/c1-11-9-18-20(10-11)14-7-12-3-4-13(8-14)21(12)15-16(22)19(2)6-5-17-15/h5-6,9-10,12-14H,3-4,7-8H2,1-2H3. The maximum atomic E-state index is 12.4. The van der Waals surface area contributed by atoms with Crippen LogP contribution >= 0.6 is 0 Å². The van der Waals surface area contributed by atoms with Crippen molar-refractivity contribution in [3.8, 4) is 0 Å². The fraction of sp³-hybridized carbons (Fsp3) is 0.562. The van der Waals surface area contributed by atoms with Gasteiger partial charge in [-0.1, -0.05) is 0 Å². The molecule has 2 aromatic rings. The molecule has 6 heteroatoms. The maximum Gasteiger partial charge on any atom is 0.293 e. The van der Waals surface area contributed by atoms with Gasteiger partial charge >= 0.3 is 0 Å². The summed E-state index contributed by atoms with van der Waals surface area (Å²) in [6.45, 7) is 2.07. The van der Waals surface area contributed by atoms with Gasteiger partial charge in [0.15, 0.2) is 5.82 Å². The van der Waals surface area contributed by atoms with E-state index >= 15 is 0 Å². The number of hydrogen-bond acceptors (Lipinski definition) is 4. The van der Waals surface area contributed by atoms with E-state index in [2.05, 4.69) is 32.8 Å². The molecule has 4 heterocycles. The highest BCUT2D eigenvalue weighted by molar-refractivity contribution is 5.42. The molecule has 0 amide bonds. The van der Waals surface area contributed by atoms with E-state index in [1.54, 1.807) is 24.0 Å². The molecule has 2 fully saturated rings. The topological polar surface area (TPSA) is 56.0 Å². The smallest absolute Gasteiger partial charge is 0.293 e. The van der Waals surface area contributed by atoms with Crippen molar-refractivity contribution >= 4 is 5.82 Å². The quantitative estimate of drug-likeness (QED) is 0.846. The highest BCUT2D eigenvalue weighted by Gasteiger charge is 2.43. The first-order valence-corrected chi connectivity index (χ1v) is 7.94. The van der Waals surface area contributed by atoms with Gasteiger partial charge in [-0.3, -0.25) is 9.48 Å². The monoisotopic (exact) mass is 299 g/mol. The fourth-order valence-electron chi connectivity index (χ4n) is 4.00. The Morgan fingerprint density at radius 3 is 2.55 bits per heavy atom. The molecule has 0 aliphatic carbocycles. The van der Waals surface area contributed by atoms with Crippen molar-refractivity contribution in [2.45, 2.75) is 50.7 Å². The van der Waals surface area contributed by atoms with Crippen molar-refractivity contribution in [3.63, 3.8) is 0 Å². The summed E-state index contributed by atoms with van der Waals surface area (Å²) < 4.78 is 3.72. The normalized spacial score (nSPS) is 27.4. The van der Waals surface area contributed by atoms with Gasteiger partial charge in [0.2, 0.25) is 0 Å². The molecule has 2 saturated heterocycles. The van der Waals surface area contributed by atoms with Crippen LogP contribution in [0, 0.1) is 6.92 Å². The van der Waals surface area contributed by atoms with Crippen molar-refractivity contribution in [1.82, 2.24) is 19.3 Å². The lowest BCUT2D eigenvalue weighted by atomic mass is 9.97. The number of aryl methyl sites for hydroxylation is 2. The summed E-state index contributed by atoms with van der Waals surface area (Å²) in [6.07, 6.45) is 11.8. The molecule has 2 aliphatic heterocycles. The van der Waals surface area contributed by atoms with E-state index in [9.17, 15) is 4.79 Å². The lowest BCUT2D eigenvalue weighted by Crippen LogP contribution is -2.46. The molecular weight excluding hydrogens is 278 g/mol. The second-order valence-corrected chi connectivity index (χ2v) is 6.58. The molecule has 0 spiro atoms. The second-order valence-electron chi connectivity index (χ2n) is 6.58. The van der Waals surface area contributed by atoms with Crippen molar-refractivity contribution in [2.75, 3.05) is 4.90 Å². The summed E-state index contributed by atoms with van der Waals surface area (Å²) in [7, 11) is 1.79. The largest absolute Gasteiger partial charge is 0.346 e. The van der Waals surface area contributed by atoms with Gasteiger partial charge in [-0.15, -0.1) is 0 Å². The molecule has 2 bridgehead atoms. The highest BCUT2D eigenvalue weighted by atomic mass is 16.1. The summed E-state index contributed by atoms with van der Waals surface area (Å²) >= 11 is 0. The molecule has 2 aliphatic rings. The summed E-state index contributed by atoms with van der Waals surface area (Å²) in [5, 5.41) is 4.48. The van der Waals surface area contributed by atoms with Gasteiger partial charge in [-0.05, 0) is 38.2 Å². The van der Waals surface area contributed by atoms with E-state index in [1.807, 2.05) is 6.20 Å². The molecule has 4 rings (SSSR count). The van der Waals surface area contributed by atoms with Gasteiger partial charge in [0.05, 0.1) is 12.2 Å². The van der Waals surface area contributed by atoms with E-state index in [1.165, 1.54) is 5.56 Å². The number of fused-ring (bicyclic) bond motifs is 2. The number of rotatable bonds is 2. The number of piperidine rings is 1. The first-order valence-electron chi connectivity index (χ1n) is 7.94. The number of hydrogen-bond donors (Lipinski definition) is 0. The minimum atomic E-state index is 0.00721. The third kappa shape index (κ3) is 2.05. The predicted molar refractivity (Wildman–Crippen MR) is 84.0 cm³/mol. The Hall–Kier alpha value is -2.11. The van der Waals surface area contributed by atoms with Crippen LogP contribution in [0.1, 0.15) is 37.3 Å². The molecule has 0 aromatic carbocycles. The van der Waals surface area contributed by atoms with Crippen molar-refractivity contribution < 1.29 is 0 Å². The Bertz CT molecular complexity index is 735. The third-order valence-electron chi connectivity index (χ3n) is 5.06. The second kappa shape index (κ2) is 4.97. The van der Waals surface area contributed by atoms with Gasteiger partial charge in [0.1, 0.15) is 0 Å². The van der Waals surface area contributed by atoms with Crippen LogP contribution in [0.4, 0.5) is 5.82 Å². The average molecular weight is 299 g/mol. The maximum absolute atomic E-state index is 12.4. The summed E-state index contributed by atoms with van der Waals surface area (Å²) in [5.74, 6) is 0.618. The molecule has 2 atom stereocenters. The van der Waals surface area contributed by atoms with E-state index in [0.29, 0.717) is 23.9 Å². The zero-order valence-electron chi connectivity index (χ0n) is 13.0. The number of anilines is 1. The minimum absolute atomic E-state index is 0.00721. The summed E-state index contributed by atoms with van der Waals surface area (Å²) in [4.78, 5) is 19.0. The van der Waals surface area contributed by atoms with E-state index in [4.69, 9.17) is 0 Å². The van der Waals surface area contributed by atoms with Gasteiger partial charge in [-0.25, -0.2) is 4.98 Å². The van der Waals surface area contributed by atoms with Crippen LogP contribution in [-0.2, 0) is 7.05 Å². The van der Waals surface area contributed by atoms with Crippen LogP contribution in [0.15, 0.2) is 29.6 Å². The van der Waals surface area contributed by atoms with Crippen LogP contribution in [0.2, 0.25) is 0 Å². The van der Waals surface area contributed by atoms with Crippen LogP contribution in [0.3, 0.4) is 0 Å². The molecule has 0 N–H and O–H groups in total. The Morgan fingerprint density at radius 2 is 1.91 bits per heavy atom. The van der Waals surface area contributed by atoms with Crippen molar-refractivity contribution in [1.29, 1.82) is 0 Å². The van der Waals surface area contributed by atoms with E-state index < -0.39 is 0 Å². The average Bonchev–Trinajstić information content (AvgIpc) is 3.03. The molecule has 0 saturated carbocycles. The first-order chi connectivity index (χ1) is 10.6. The lowest BCUT2D eigenvalue weighted by Gasteiger charge is -2.39. The zero-order chi connectivity index (χ0) is 15.3. The van der Waals surface area contributed by atoms with Gasteiger partial charge < -0.3 is 9.47 Å². The fourth-order valence-corrected chi connectivity index (χ4v) is 4.00. The number of nitrogens with zero attached hydrogens (tertiary/aromatic N) is 5. The summed E-state index contributed by atoms with van der Waals surface area (Å²) in [6, 6.07) is 1.24. The van der Waals surface area contributed by atoms with Gasteiger partial charge in [-0.2, -0.15) is 5.10 Å². The Kier molecular flexibility index (Phi) is 3.06. The molecule has 6 nitrogen and oxygen atoms in total. The van der Waals surface area contributed by atoms with E-state index in [0.717, 1.165) is 25.7 Å². The summed E-state index contributed by atoms with van der Waals surface area (Å²) in [5.41, 5.74) is 1.21. The Morgan fingerprint density at radius 1 is 1.18 bits per heavy atom. The van der Waals surface area contributed by atoms with Crippen LogP contribution < -0.4 is 10.5 Å². The number of aromatic nitrogens is 4. The molecule has 2 aromatic heterocycles. The molecule has 0 radical (unpaired) electrons. The van der Waals surface area contributed by atoms with E-state index in [-0.39, 0.29) is 5.56 Å². The van der Waals surface area contributed by atoms with Gasteiger partial charge in [0.25, 0.3) is 5.56 Å². The molecule has 22 heavy (non-hydrogen) atoms. The molecular formula is C16H21N5O. The predicted octanol–water partition coefficient (Wildman–Crippen LogP) is 1.66. The SMILES string of the molecule is Cc1cnn(C2CC3CCC(C2)N3c2nccn(C)c2=O)c1. The van der Waals surface area contributed by atoms with Crippen molar-refractivity contribution in [3.05, 3.63) is 40.7 Å². The Labute approximate surface area is 129 Å². The van der Waals surface area contributed by atoms with Crippen LogP contribution in [0.25, 0.3) is 0 Å². The van der Waals surface area contributed by atoms with Crippen LogP contribution in [-0.4, -0.2) is 31.4 Å². The minimum Gasteiger partial charge on any atom is -0.346 e. The highest BCUT2D eigenvalue weighted by Crippen LogP contribution is 2.41. The zero-order valence-corrected chi connectivity index (χ0v) is 13.0. The Balaban J connectivity index is 1.64. The third-order valence-corrected chi connectivity index (χ3v) is 5.06. The van der Waals surface area contributed by atoms with Gasteiger partial charge in [0, 0.05) is 37.7 Å². The lowest BCUT2D eigenvalue weighted by molar-refractivity contribution is 0.312.